The number of amides is 2. The third-order valence-electron chi connectivity index (χ3n) is 4.04. The van der Waals surface area contributed by atoms with Gasteiger partial charge >= 0.3 is 0 Å². The van der Waals surface area contributed by atoms with Crippen LogP contribution in [0, 0.1) is 20.8 Å². The molecular weight excluding hydrogens is 352 g/mol. The first-order valence-electron chi connectivity index (χ1n) is 8.15. The number of hydrogen-bond acceptors (Lipinski definition) is 6. The topological polar surface area (TPSA) is 88.3 Å². The average Bonchev–Trinajstić information content (AvgIpc) is 3.20. The summed E-state index contributed by atoms with van der Waals surface area (Å²) in [6.07, 6.45) is 1.55. The van der Waals surface area contributed by atoms with Gasteiger partial charge in [0, 0.05) is 18.1 Å². The third kappa shape index (κ3) is 3.60. The van der Waals surface area contributed by atoms with Crippen molar-refractivity contribution in [2.24, 2.45) is 0 Å². The first-order valence-corrected chi connectivity index (χ1v) is 8.97. The molecule has 3 aromatic rings. The van der Waals surface area contributed by atoms with Crippen LogP contribution in [0.5, 0.6) is 0 Å². The molecule has 8 heteroatoms. The molecule has 0 spiro atoms. The number of fused-ring (bicyclic) bond motifs is 1. The summed E-state index contributed by atoms with van der Waals surface area (Å²) in [7, 11) is 1.61. The van der Waals surface area contributed by atoms with E-state index in [4.69, 9.17) is 4.42 Å². The van der Waals surface area contributed by atoms with E-state index in [1.807, 2.05) is 20.8 Å². The summed E-state index contributed by atoms with van der Waals surface area (Å²) in [4.78, 5) is 36.5. The minimum atomic E-state index is -0.247. The second-order valence-corrected chi connectivity index (χ2v) is 7.11. The first-order chi connectivity index (χ1) is 12.4. The van der Waals surface area contributed by atoms with Crippen molar-refractivity contribution in [2.45, 2.75) is 27.3 Å². The molecule has 0 aliphatic rings. The van der Waals surface area contributed by atoms with Gasteiger partial charge in [-0.2, -0.15) is 0 Å². The van der Waals surface area contributed by atoms with Crippen molar-refractivity contribution >= 4 is 33.4 Å². The van der Waals surface area contributed by atoms with Crippen LogP contribution in [0.4, 0.5) is 0 Å². The fourth-order valence-corrected chi connectivity index (χ4v) is 4.07. The molecule has 3 heterocycles. The van der Waals surface area contributed by atoms with Gasteiger partial charge in [-0.15, -0.1) is 11.3 Å². The summed E-state index contributed by atoms with van der Waals surface area (Å²) >= 11 is 1.34. The van der Waals surface area contributed by atoms with Crippen LogP contribution in [0.15, 0.2) is 22.8 Å². The van der Waals surface area contributed by atoms with Gasteiger partial charge in [0.15, 0.2) is 0 Å². The molecule has 0 radical (unpaired) electrons. The highest BCUT2D eigenvalue weighted by Crippen LogP contribution is 2.31. The second-order valence-electron chi connectivity index (χ2n) is 6.11. The van der Waals surface area contributed by atoms with Crippen LogP contribution in [0.3, 0.4) is 0 Å². The number of likely N-dealkylation sites (N-methyl/N-ethyl adjacent to an activating group) is 1. The maximum Gasteiger partial charge on any atom is 0.264 e. The van der Waals surface area contributed by atoms with Gasteiger partial charge < -0.3 is 14.6 Å². The highest BCUT2D eigenvalue weighted by Gasteiger charge is 2.22. The van der Waals surface area contributed by atoms with Crippen LogP contribution < -0.4 is 5.32 Å². The molecule has 3 aromatic heterocycles. The van der Waals surface area contributed by atoms with Crippen molar-refractivity contribution in [3.63, 3.8) is 0 Å². The van der Waals surface area contributed by atoms with Crippen molar-refractivity contribution in [3.8, 4) is 0 Å². The molecule has 7 nitrogen and oxygen atoms in total. The number of nitrogens with one attached hydrogen (secondary N) is 1. The summed E-state index contributed by atoms with van der Waals surface area (Å²) in [6.45, 7) is 5.90. The van der Waals surface area contributed by atoms with Gasteiger partial charge in [0.2, 0.25) is 5.91 Å². The SMILES string of the molecule is Cc1nc(C)c2c(C)c(C(=O)N(C)CC(=O)NCc3ccco3)sc2n1. The second kappa shape index (κ2) is 7.25. The van der Waals surface area contributed by atoms with Crippen molar-refractivity contribution in [1.82, 2.24) is 20.2 Å². The van der Waals surface area contributed by atoms with Gasteiger partial charge in [-0.1, -0.05) is 0 Å². The van der Waals surface area contributed by atoms with E-state index in [2.05, 4.69) is 15.3 Å². The maximum atomic E-state index is 12.8. The molecule has 0 saturated heterocycles. The minimum absolute atomic E-state index is 0.0308. The zero-order valence-electron chi connectivity index (χ0n) is 15.1. The van der Waals surface area contributed by atoms with Crippen molar-refractivity contribution in [3.05, 3.63) is 46.1 Å². The zero-order chi connectivity index (χ0) is 18.8. The van der Waals surface area contributed by atoms with Crippen LogP contribution in [-0.2, 0) is 11.3 Å². The van der Waals surface area contributed by atoms with E-state index < -0.39 is 0 Å². The predicted octanol–water partition coefficient (Wildman–Crippen LogP) is 2.60. The molecule has 0 bridgehead atoms. The minimum Gasteiger partial charge on any atom is -0.467 e. The number of carbonyl (C=O) groups excluding carboxylic acids is 2. The van der Waals surface area contributed by atoms with E-state index in [0.717, 1.165) is 21.5 Å². The standard InChI is InChI=1S/C18H20N4O3S/c1-10-15-11(2)20-12(3)21-17(15)26-16(10)18(24)22(4)9-14(23)19-8-13-6-5-7-25-13/h5-7H,8-9H2,1-4H3,(H,19,23). The summed E-state index contributed by atoms with van der Waals surface area (Å²) in [6, 6.07) is 3.54. The van der Waals surface area contributed by atoms with E-state index in [9.17, 15) is 9.59 Å². The van der Waals surface area contributed by atoms with Crippen molar-refractivity contribution < 1.29 is 14.0 Å². The molecule has 0 fully saturated rings. The Balaban J connectivity index is 1.72. The first kappa shape index (κ1) is 18.1. The maximum absolute atomic E-state index is 12.8. The lowest BCUT2D eigenvalue weighted by Crippen LogP contribution is -2.38. The number of nitrogens with zero attached hydrogens (tertiary/aromatic N) is 3. The van der Waals surface area contributed by atoms with Crippen LogP contribution in [0.25, 0.3) is 10.2 Å². The van der Waals surface area contributed by atoms with Crippen LogP contribution in [-0.4, -0.2) is 40.3 Å². The Morgan fingerprint density at radius 1 is 1.27 bits per heavy atom. The lowest BCUT2D eigenvalue weighted by Gasteiger charge is -2.16. The van der Waals surface area contributed by atoms with Crippen LogP contribution >= 0.6 is 11.3 Å². The van der Waals surface area contributed by atoms with Gasteiger partial charge in [0.1, 0.15) is 16.4 Å². The summed E-state index contributed by atoms with van der Waals surface area (Å²) in [5, 5.41) is 3.65. The Kier molecular flexibility index (Phi) is 5.03. The van der Waals surface area contributed by atoms with E-state index in [0.29, 0.717) is 23.0 Å². The van der Waals surface area contributed by atoms with E-state index in [1.165, 1.54) is 16.2 Å². The third-order valence-corrected chi connectivity index (χ3v) is 5.22. The smallest absolute Gasteiger partial charge is 0.264 e. The number of thiophene rings is 1. The highest BCUT2D eigenvalue weighted by molar-refractivity contribution is 7.20. The summed E-state index contributed by atoms with van der Waals surface area (Å²) in [5.41, 5.74) is 1.72. The van der Waals surface area contributed by atoms with E-state index >= 15 is 0 Å². The number of aromatic nitrogens is 2. The molecular formula is C18H20N4O3S. The lowest BCUT2D eigenvalue weighted by atomic mass is 10.1. The molecule has 0 aromatic carbocycles. The van der Waals surface area contributed by atoms with Crippen LogP contribution in [0.1, 0.15) is 32.5 Å². The Morgan fingerprint density at radius 2 is 2.04 bits per heavy atom. The fourth-order valence-electron chi connectivity index (χ4n) is 2.79. The zero-order valence-corrected chi connectivity index (χ0v) is 15.9. The number of carbonyl (C=O) groups is 2. The Hall–Kier alpha value is -2.74. The summed E-state index contributed by atoms with van der Waals surface area (Å²) < 4.78 is 5.17. The molecule has 136 valence electrons. The van der Waals surface area contributed by atoms with Gasteiger partial charge in [0.05, 0.1) is 24.2 Å². The van der Waals surface area contributed by atoms with Crippen molar-refractivity contribution in [1.29, 1.82) is 0 Å². The average molecular weight is 372 g/mol. The quantitative estimate of drug-likeness (QED) is 0.744. The molecule has 3 rings (SSSR count). The normalized spacial score (nSPS) is 10.9. The number of furan rings is 1. The van der Waals surface area contributed by atoms with Gasteiger partial charge in [-0.25, -0.2) is 9.97 Å². The predicted molar refractivity (Wildman–Crippen MR) is 99.1 cm³/mol. The number of rotatable bonds is 5. The van der Waals surface area contributed by atoms with Gasteiger partial charge in [-0.3, -0.25) is 9.59 Å². The Bertz CT molecular complexity index is 963. The molecule has 0 atom stereocenters. The molecule has 0 saturated carbocycles. The molecule has 0 aliphatic heterocycles. The monoisotopic (exact) mass is 372 g/mol. The van der Waals surface area contributed by atoms with E-state index in [1.54, 1.807) is 25.4 Å². The Labute approximate surface area is 155 Å². The van der Waals surface area contributed by atoms with Gasteiger partial charge in [-0.05, 0) is 38.5 Å². The molecule has 0 aliphatic carbocycles. The van der Waals surface area contributed by atoms with Crippen LogP contribution in [0.2, 0.25) is 0 Å². The molecule has 2 amide bonds. The van der Waals surface area contributed by atoms with Crippen molar-refractivity contribution in [2.75, 3.05) is 13.6 Å². The Morgan fingerprint density at radius 3 is 2.73 bits per heavy atom. The summed E-state index contributed by atoms with van der Waals surface area (Å²) in [5.74, 6) is 0.900. The largest absolute Gasteiger partial charge is 0.467 e. The molecule has 26 heavy (non-hydrogen) atoms. The van der Waals surface area contributed by atoms with Gasteiger partial charge in [0.25, 0.3) is 5.91 Å². The number of aryl methyl sites for hydroxylation is 3. The molecule has 1 N–H and O–H groups in total. The number of hydrogen-bond donors (Lipinski definition) is 1. The van der Waals surface area contributed by atoms with E-state index in [-0.39, 0.29) is 18.4 Å². The highest BCUT2D eigenvalue weighted by atomic mass is 32.1. The fraction of sp³-hybridized carbons (Fsp3) is 0.333. The molecule has 0 unspecified atom stereocenters. The lowest BCUT2D eigenvalue weighted by molar-refractivity contribution is -0.121.